The average molecular weight is 460 g/mol. The number of thiazole rings is 1. The summed E-state index contributed by atoms with van der Waals surface area (Å²) in [6.07, 6.45) is 0.138. The predicted octanol–water partition coefficient (Wildman–Crippen LogP) is 5.86. The molecule has 2 aromatic heterocycles. The Kier molecular flexibility index (Phi) is 11.9. The van der Waals surface area contributed by atoms with E-state index in [1.54, 1.807) is 17.5 Å². The number of methoxy groups -OCH3 is 1. The Morgan fingerprint density at radius 2 is 1.78 bits per heavy atom. The number of rotatable bonds is 7. The summed E-state index contributed by atoms with van der Waals surface area (Å²) < 4.78 is 10.3. The number of nitrogens with zero attached hydrogens (tertiary/aromatic N) is 3. The molecule has 2 heterocycles. The first-order valence-electron chi connectivity index (χ1n) is 10.7. The standard InChI is InChI=1S/C20H21N3O4S.2C2H6/c1-13-19(22-27-20(13)16-11-28-12-21-16)14(10-18(25)26-3)9-17(24)23(2)15-7-5-4-6-8-15;2*1-2/h4-8,11-12,14H,9-10H2,1-3H3;2*1-2H3. The van der Waals surface area contributed by atoms with Crippen molar-refractivity contribution in [3.05, 3.63) is 52.5 Å². The molecule has 0 saturated heterocycles. The molecule has 0 aliphatic heterocycles. The van der Waals surface area contributed by atoms with Crippen LogP contribution in [0.5, 0.6) is 0 Å². The quantitative estimate of drug-likeness (QED) is 0.411. The van der Waals surface area contributed by atoms with Crippen molar-refractivity contribution < 1.29 is 18.8 Å². The molecule has 0 radical (unpaired) electrons. The zero-order valence-corrected chi connectivity index (χ0v) is 20.7. The maximum Gasteiger partial charge on any atom is 0.306 e. The van der Waals surface area contributed by atoms with Gasteiger partial charge in [0.15, 0.2) is 5.76 Å². The summed E-state index contributed by atoms with van der Waals surface area (Å²) in [7, 11) is 3.04. The highest BCUT2D eigenvalue weighted by molar-refractivity contribution is 7.07. The number of hydrogen-bond donors (Lipinski definition) is 0. The Morgan fingerprint density at radius 3 is 2.34 bits per heavy atom. The van der Waals surface area contributed by atoms with Gasteiger partial charge in [0.25, 0.3) is 0 Å². The number of ether oxygens (including phenoxy) is 1. The van der Waals surface area contributed by atoms with Crippen LogP contribution in [0.15, 0.2) is 45.7 Å². The van der Waals surface area contributed by atoms with Crippen LogP contribution < -0.4 is 4.90 Å². The van der Waals surface area contributed by atoms with Crippen molar-refractivity contribution in [2.75, 3.05) is 19.1 Å². The second-order valence-electron chi connectivity index (χ2n) is 6.37. The molecule has 1 amide bonds. The van der Waals surface area contributed by atoms with Crippen LogP contribution in [0.1, 0.15) is 57.7 Å². The Morgan fingerprint density at radius 1 is 1.12 bits per heavy atom. The fraction of sp³-hybridized carbons (Fsp3) is 0.417. The SMILES string of the molecule is CC.CC.COC(=O)CC(CC(=O)N(C)c1ccccc1)c1noc(-c2cscn2)c1C. The third-order valence-electron chi connectivity index (χ3n) is 4.59. The van der Waals surface area contributed by atoms with Crippen molar-refractivity contribution in [1.82, 2.24) is 10.1 Å². The van der Waals surface area contributed by atoms with Gasteiger partial charge in [-0.25, -0.2) is 4.98 Å². The molecule has 0 saturated carbocycles. The van der Waals surface area contributed by atoms with Gasteiger partial charge in [-0.05, 0) is 19.1 Å². The lowest BCUT2D eigenvalue weighted by atomic mass is 9.93. The van der Waals surface area contributed by atoms with Crippen molar-refractivity contribution in [2.24, 2.45) is 0 Å². The van der Waals surface area contributed by atoms with Gasteiger partial charge in [0.05, 0.1) is 24.7 Å². The number of hydrogen-bond acceptors (Lipinski definition) is 7. The van der Waals surface area contributed by atoms with Crippen LogP contribution in [0.4, 0.5) is 5.69 Å². The first kappa shape index (κ1) is 27.0. The molecule has 3 rings (SSSR count). The second kappa shape index (κ2) is 14.1. The minimum absolute atomic E-state index is 0.0365. The summed E-state index contributed by atoms with van der Waals surface area (Å²) in [6, 6.07) is 9.34. The van der Waals surface area contributed by atoms with E-state index in [4.69, 9.17) is 9.26 Å². The number of carbonyl (C=O) groups is 2. The lowest BCUT2D eigenvalue weighted by Gasteiger charge is -2.20. The van der Waals surface area contributed by atoms with Gasteiger partial charge in [-0.3, -0.25) is 9.59 Å². The zero-order valence-electron chi connectivity index (χ0n) is 19.9. The first-order chi connectivity index (χ1) is 15.5. The third kappa shape index (κ3) is 7.02. The van der Waals surface area contributed by atoms with E-state index in [1.165, 1.54) is 18.4 Å². The Bertz CT molecular complexity index is 940. The predicted molar refractivity (Wildman–Crippen MR) is 129 cm³/mol. The van der Waals surface area contributed by atoms with E-state index in [9.17, 15) is 9.59 Å². The molecule has 0 N–H and O–H groups in total. The Hall–Kier alpha value is -3.00. The van der Waals surface area contributed by atoms with Gasteiger partial charge in [-0.15, -0.1) is 11.3 Å². The van der Waals surface area contributed by atoms with E-state index in [0.717, 1.165) is 11.3 Å². The van der Waals surface area contributed by atoms with Crippen molar-refractivity contribution in [3.8, 4) is 11.5 Å². The summed E-state index contributed by atoms with van der Waals surface area (Å²) in [5.74, 6) is -0.437. The fourth-order valence-electron chi connectivity index (χ4n) is 2.99. The van der Waals surface area contributed by atoms with E-state index in [1.807, 2.05) is 70.3 Å². The number of benzene rings is 1. The molecule has 174 valence electrons. The van der Waals surface area contributed by atoms with Gasteiger partial charge < -0.3 is 14.2 Å². The Balaban J connectivity index is 0.00000121. The number of carbonyl (C=O) groups excluding carboxylic acids is 2. The zero-order chi connectivity index (χ0) is 24.1. The summed E-state index contributed by atoms with van der Waals surface area (Å²) in [4.78, 5) is 30.6. The van der Waals surface area contributed by atoms with E-state index in [0.29, 0.717) is 17.1 Å². The minimum Gasteiger partial charge on any atom is -0.469 e. The first-order valence-corrected chi connectivity index (χ1v) is 11.7. The van der Waals surface area contributed by atoms with Gasteiger partial charge in [0.1, 0.15) is 5.69 Å². The molecule has 1 atom stereocenters. The van der Waals surface area contributed by atoms with E-state index >= 15 is 0 Å². The molecule has 1 aromatic carbocycles. The van der Waals surface area contributed by atoms with Gasteiger partial charge in [-0.1, -0.05) is 51.1 Å². The smallest absolute Gasteiger partial charge is 0.306 e. The maximum atomic E-state index is 12.8. The maximum absolute atomic E-state index is 12.8. The van der Waals surface area contributed by atoms with Crippen molar-refractivity contribution in [2.45, 2.75) is 53.4 Å². The van der Waals surface area contributed by atoms with E-state index < -0.39 is 11.9 Å². The highest BCUT2D eigenvalue weighted by Gasteiger charge is 2.28. The van der Waals surface area contributed by atoms with Crippen LogP contribution in [-0.2, 0) is 14.3 Å². The molecular formula is C24H33N3O4S. The molecule has 7 nitrogen and oxygen atoms in total. The molecule has 1 unspecified atom stereocenters. The highest BCUT2D eigenvalue weighted by atomic mass is 32.1. The molecule has 0 fully saturated rings. The molecule has 0 spiro atoms. The lowest BCUT2D eigenvalue weighted by Crippen LogP contribution is -2.28. The third-order valence-corrected chi connectivity index (χ3v) is 5.18. The molecule has 0 aliphatic carbocycles. The largest absolute Gasteiger partial charge is 0.469 e. The van der Waals surface area contributed by atoms with Gasteiger partial charge in [-0.2, -0.15) is 0 Å². The van der Waals surface area contributed by atoms with Crippen LogP contribution >= 0.6 is 11.3 Å². The van der Waals surface area contributed by atoms with E-state index in [2.05, 4.69) is 10.1 Å². The topological polar surface area (TPSA) is 85.5 Å². The van der Waals surface area contributed by atoms with E-state index in [-0.39, 0.29) is 18.7 Å². The van der Waals surface area contributed by atoms with Crippen LogP contribution in [0.3, 0.4) is 0 Å². The second-order valence-corrected chi connectivity index (χ2v) is 7.08. The molecule has 3 aromatic rings. The molecule has 0 aliphatic rings. The number of anilines is 1. The molecule has 32 heavy (non-hydrogen) atoms. The number of amides is 1. The van der Waals surface area contributed by atoms with Gasteiger partial charge in [0, 0.05) is 36.0 Å². The van der Waals surface area contributed by atoms with Crippen LogP contribution in [0, 0.1) is 6.92 Å². The fourth-order valence-corrected chi connectivity index (χ4v) is 3.52. The highest BCUT2D eigenvalue weighted by Crippen LogP contribution is 2.33. The molecule has 8 heteroatoms. The van der Waals surface area contributed by atoms with Crippen LogP contribution in [0.25, 0.3) is 11.5 Å². The summed E-state index contributed by atoms with van der Waals surface area (Å²) >= 11 is 1.45. The van der Waals surface area contributed by atoms with Crippen LogP contribution in [0.2, 0.25) is 0 Å². The summed E-state index contributed by atoms with van der Waals surface area (Å²) in [6.45, 7) is 9.86. The van der Waals surface area contributed by atoms with Crippen molar-refractivity contribution >= 4 is 28.9 Å². The van der Waals surface area contributed by atoms with Crippen molar-refractivity contribution in [3.63, 3.8) is 0 Å². The number of para-hydroxylation sites is 1. The number of esters is 1. The summed E-state index contributed by atoms with van der Waals surface area (Å²) in [5, 5.41) is 6.02. The lowest BCUT2D eigenvalue weighted by molar-refractivity contribution is -0.141. The van der Waals surface area contributed by atoms with Crippen LogP contribution in [-0.4, -0.2) is 36.2 Å². The van der Waals surface area contributed by atoms with Gasteiger partial charge >= 0.3 is 5.97 Å². The molecular weight excluding hydrogens is 426 g/mol. The number of aromatic nitrogens is 2. The monoisotopic (exact) mass is 459 g/mol. The molecule has 0 bridgehead atoms. The summed E-state index contributed by atoms with van der Waals surface area (Å²) in [5.41, 5.74) is 4.52. The average Bonchev–Trinajstić information content (AvgIpc) is 3.50. The van der Waals surface area contributed by atoms with Gasteiger partial charge in [0.2, 0.25) is 5.91 Å². The minimum atomic E-state index is -0.456. The van der Waals surface area contributed by atoms with Crippen molar-refractivity contribution in [1.29, 1.82) is 0 Å². The Labute approximate surface area is 194 Å². The normalized spacial score (nSPS) is 10.7.